The van der Waals surface area contributed by atoms with Crippen molar-refractivity contribution in [1.29, 1.82) is 0 Å². The maximum atomic E-state index is 12.4. The summed E-state index contributed by atoms with van der Waals surface area (Å²) in [5.41, 5.74) is 0.492. The van der Waals surface area contributed by atoms with Crippen molar-refractivity contribution >= 4 is 23.4 Å². The number of nitrogens with one attached hydrogen (secondary N) is 1. The second-order valence-electron chi connectivity index (χ2n) is 5.19. The molecule has 1 aromatic rings. The Kier molecular flexibility index (Phi) is 5.14. The smallest absolute Gasteiger partial charge is 0.337 e. The summed E-state index contributed by atoms with van der Waals surface area (Å²) in [6.45, 7) is 1.94. The van der Waals surface area contributed by atoms with Crippen LogP contribution in [0, 0.1) is 5.92 Å². The number of carboxylic acids is 1. The SMILES string of the molecule is CCOC(=O)[C@H]1CCC[C@H](Nc2ccccc2C(=O)O)C1=O. The third-order valence-corrected chi connectivity index (χ3v) is 3.73. The van der Waals surface area contributed by atoms with Crippen LogP contribution in [0.3, 0.4) is 0 Å². The number of carboxylic acid groups (broad SMARTS) is 1. The van der Waals surface area contributed by atoms with Gasteiger partial charge in [-0.25, -0.2) is 4.79 Å². The minimum absolute atomic E-state index is 0.105. The molecule has 0 spiro atoms. The van der Waals surface area contributed by atoms with Crippen molar-refractivity contribution in [2.24, 2.45) is 5.92 Å². The Balaban J connectivity index is 2.14. The van der Waals surface area contributed by atoms with Crippen LogP contribution < -0.4 is 5.32 Å². The van der Waals surface area contributed by atoms with E-state index in [2.05, 4.69) is 5.32 Å². The maximum Gasteiger partial charge on any atom is 0.337 e. The van der Waals surface area contributed by atoms with Gasteiger partial charge < -0.3 is 15.2 Å². The molecule has 0 aliphatic heterocycles. The van der Waals surface area contributed by atoms with Crippen LogP contribution in [0.5, 0.6) is 0 Å². The maximum absolute atomic E-state index is 12.4. The second kappa shape index (κ2) is 7.06. The van der Waals surface area contributed by atoms with Crippen molar-refractivity contribution in [3.05, 3.63) is 29.8 Å². The largest absolute Gasteiger partial charge is 0.478 e. The lowest BCUT2D eigenvalue weighted by atomic mass is 9.84. The third kappa shape index (κ3) is 3.44. The van der Waals surface area contributed by atoms with E-state index in [9.17, 15) is 19.5 Å². The molecule has 0 unspecified atom stereocenters. The Morgan fingerprint density at radius 2 is 2.05 bits per heavy atom. The van der Waals surface area contributed by atoms with Crippen LogP contribution in [0.25, 0.3) is 0 Å². The highest BCUT2D eigenvalue weighted by molar-refractivity contribution is 6.04. The number of carbonyl (C=O) groups is 3. The summed E-state index contributed by atoms with van der Waals surface area (Å²) in [6.07, 6.45) is 1.77. The predicted octanol–water partition coefficient (Wildman–Crippen LogP) is 2.10. The Hall–Kier alpha value is -2.37. The molecule has 1 aliphatic rings. The molecule has 22 heavy (non-hydrogen) atoms. The van der Waals surface area contributed by atoms with Crippen molar-refractivity contribution in [2.45, 2.75) is 32.2 Å². The number of carbonyl (C=O) groups excluding carboxylic acids is 2. The molecular weight excluding hydrogens is 286 g/mol. The van der Waals surface area contributed by atoms with Gasteiger partial charge in [0.2, 0.25) is 0 Å². The average Bonchev–Trinajstić information content (AvgIpc) is 2.50. The second-order valence-corrected chi connectivity index (χ2v) is 5.19. The molecule has 1 aromatic carbocycles. The summed E-state index contributed by atoms with van der Waals surface area (Å²) in [5, 5.41) is 12.1. The third-order valence-electron chi connectivity index (χ3n) is 3.73. The van der Waals surface area contributed by atoms with Crippen LogP contribution in [0.4, 0.5) is 5.69 Å². The highest BCUT2D eigenvalue weighted by Gasteiger charge is 2.37. The average molecular weight is 305 g/mol. The number of ketones is 1. The molecule has 2 N–H and O–H groups in total. The molecule has 2 rings (SSSR count). The van der Waals surface area contributed by atoms with Gasteiger partial charge in [0.15, 0.2) is 5.78 Å². The van der Waals surface area contributed by atoms with Gasteiger partial charge in [-0.3, -0.25) is 9.59 Å². The van der Waals surface area contributed by atoms with Gasteiger partial charge in [0, 0.05) is 5.69 Å². The molecule has 0 saturated heterocycles. The van der Waals surface area contributed by atoms with Crippen molar-refractivity contribution < 1.29 is 24.2 Å². The number of aromatic carboxylic acids is 1. The fourth-order valence-corrected chi connectivity index (χ4v) is 2.66. The van der Waals surface area contributed by atoms with Crippen molar-refractivity contribution in [3.63, 3.8) is 0 Å². The minimum atomic E-state index is -1.06. The number of para-hydroxylation sites is 1. The van der Waals surface area contributed by atoms with Gasteiger partial charge in [-0.1, -0.05) is 12.1 Å². The number of anilines is 1. The lowest BCUT2D eigenvalue weighted by Crippen LogP contribution is -2.42. The number of esters is 1. The van der Waals surface area contributed by atoms with E-state index in [1.807, 2.05) is 0 Å². The lowest BCUT2D eigenvalue weighted by molar-refractivity contribution is -0.153. The number of hydrogen-bond donors (Lipinski definition) is 2. The van der Waals surface area contributed by atoms with Gasteiger partial charge in [0.05, 0.1) is 18.2 Å². The predicted molar refractivity (Wildman–Crippen MR) is 79.8 cm³/mol. The summed E-state index contributed by atoms with van der Waals surface area (Å²) >= 11 is 0. The molecule has 118 valence electrons. The molecule has 0 bridgehead atoms. The van der Waals surface area contributed by atoms with Crippen molar-refractivity contribution in [1.82, 2.24) is 0 Å². The van der Waals surface area contributed by atoms with Crippen molar-refractivity contribution in [3.8, 4) is 0 Å². The van der Waals surface area contributed by atoms with Gasteiger partial charge in [0.25, 0.3) is 0 Å². The number of hydrogen-bond acceptors (Lipinski definition) is 5. The molecule has 1 fully saturated rings. The molecule has 1 aliphatic carbocycles. The van der Waals surface area contributed by atoms with E-state index < -0.39 is 23.9 Å². The summed E-state index contributed by atoms with van der Waals surface area (Å²) in [5.74, 6) is -2.55. The van der Waals surface area contributed by atoms with E-state index in [1.165, 1.54) is 6.07 Å². The Bertz CT molecular complexity index is 584. The van der Waals surface area contributed by atoms with Crippen LogP contribution >= 0.6 is 0 Å². The van der Waals surface area contributed by atoms with Crippen molar-refractivity contribution in [2.75, 3.05) is 11.9 Å². The van der Waals surface area contributed by atoms with Crippen LogP contribution in [-0.4, -0.2) is 35.5 Å². The fourth-order valence-electron chi connectivity index (χ4n) is 2.66. The molecule has 0 heterocycles. The molecule has 6 heteroatoms. The zero-order valence-electron chi connectivity index (χ0n) is 12.4. The highest BCUT2D eigenvalue weighted by Crippen LogP contribution is 2.26. The molecule has 6 nitrogen and oxygen atoms in total. The summed E-state index contributed by atoms with van der Waals surface area (Å²) < 4.78 is 4.93. The Labute approximate surface area is 128 Å². The van der Waals surface area contributed by atoms with E-state index >= 15 is 0 Å². The first kappa shape index (κ1) is 16.0. The van der Waals surface area contributed by atoms with Gasteiger partial charge in [0.1, 0.15) is 5.92 Å². The summed E-state index contributed by atoms with van der Waals surface area (Å²) in [6, 6.07) is 5.85. The zero-order valence-corrected chi connectivity index (χ0v) is 12.4. The highest BCUT2D eigenvalue weighted by atomic mass is 16.5. The fraction of sp³-hybridized carbons (Fsp3) is 0.438. The van der Waals surface area contributed by atoms with Crippen LogP contribution in [0.15, 0.2) is 24.3 Å². The quantitative estimate of drug-likeness (QED) is 0.639. The van der Waals surface area contributed by atoms with E-state index in [4.69, 9.17) is 4.74 Å². The van der Waals surface area contributed by atoms with Crippen LogP contribution in [0.2, 0.25) is 0 Å². The molecular formula is C16H19NO5. The van der Waals surface area contributed by atoms with Crippen LogP contribution in [-0.2, 0) is 14.3 Å². The number of Topliss-reactive ketones (excluding diaryl/α,β-unsaturated/α-hetero) is 1. The lowest BCUT2D eigenvalue weighted by Gasteiger charge is -2.28. The number of ether oxygens (including phenoxy) is 1. The zero-order chi connectivity index (χ0) is 16.1. The topological polar surface area (TPSA) is 92.7 Å². The number of rotatable bonds is 5. The monoisotopic (exact) mass is 305 g/mol. The first-order chi connectivity index (χ1) is 10.5. The minimum Gasteiger partial charge on any atom is -0.478 e. The van der Waals surface area contributed by atoms with Gasteiger partial charge in [-0.2, -0.15) is 0 Å². The van der Waals surface area contributed by atoms with Crippen LogP contribution in [0.1, 0.15) is 36.5 Å². The molecule has 0 aromatic heterocycles. The van der Waals surface area contributed by atoms with E-state index in [0.717, 1.165) is 0 Å². The summed E-state index contributed by atoms with van der Waals surface area (Å²) in [7, 11) is 0. The van der Waals surface area contributed by atoms with Gasteiger partial charge in [-0.05, 0) is 38.3 Å². The first-order valence-corrected chi connectivity index (χ1v) is 7.33. The first-order valence-electron chi connectivity index (χ1n) is 7.33. The standard InChI is InChI=1S/C16H19NO5/c1-2-22-16(21)11-7-5-9-13(14(11)18)17-12-8-4-3-6-10(12)15(19)20/h3-4,6,8,11,13,17H,2,5,7,9H2,1H3,(H,19,20)/t11-,13-/m0/s1. The Morgan fingerprint density at radius 1 is 1.32 bits per heavy atom. The molecule has 2 atom stereocenters. The normalized spacial score (nSPS) is 21.2. The van der Waals surface area contributed by atoms with E-state index in [0.29, 0.717) is 24.9 Å². The molecule has 0 amide bonds. The van der Waals surface area contributed by atoms with E-state index in [-0.39, 0.29) is 18.0 Å². The van der Waals surface area contributed by atoms with Gasteiger partial charge in [-0.15, -0.1) is 0 Å². The molecule has 1 saturated carbocycles. The molecule has 0 radical (unpaired) electrons. The van der Waals surface area contributed by atoms with Gasteiger partial charge >= 0.3 is 11.9 Å². The van der Waals surface area contributed by atoms with E-state index in [1.54, 1.807) is 25.1 Å². The Morgan fingerprint density at radius 3 is 2.73 bits per heavy atom. The summed E-state index contributed by atoms with van der Waals surface area (Å²) in [4.78, 5) is 35.4. The number of benzene rings is 1.